The van der Waals surface area contributed by atoms with Crippen molar-refractivity contribution < 1.29 is 9.53 Å². The number of ether oxygens (including phenoxy) is 1. The first-order valence-electron chi connectivity index (χ1n) is 8.36. The van der Waals surface area contributed by atoms with E-state index in [4.69, 9.17) is 16.3 Å². The van der Waals surface area contributed by atoms with Gasteiger partial charge in [0, 0.05) is 24.0 Å². The first-order chi connectivity index (χ1) is 12.0. The van der Waals surface area contributed by atoms with Gasteiger partial charge in [-0.25, -0.2) is 0 Å². The molecular weight excluding hydrogens is 340 g/mol. The number of H-pyrrole nitrogens is 1. The number of likely N-dealkylation sites (tertiary alicyclic amines) is 1. The standard InChI is InChI=1S/C18H23ClN4O2/c1-22(2)11-18(24)23-8-7-13(10-23)17-9-15(20-21-17)12-25-16-5-3-14(19)4-6-16/h3-6,9,13H,7-8,10-12H2,1-2H3,(H,20,21). The summed E-state index contributed by atoms with van der Waals surface area (Å²) >= 11 is 5.86. The molecule has 1 saturated heterocycles. The number of hydrogen-bond acceptors (Lipinski definition) is 4. The van der Waals surface area contributed by atoms with E-state index in [2.05, 4.69) is 10.2 Å². The smallest absolute Gasteiger partial charge is 0.236 e. The molecule has 1 aromatic carbocycles. The van der Waals surface area contributed by atoms with Gasteiger partial charge in [0.2, 0.25) is 5.91 Å². The number of hydrogen-bond donors (Lipinski definition) is 1. The monoisotopic (exact) mass is 362 g/mol. The Morgan fingerprint density at radius 2 is 2.16 bits per heavy atom. The van der Waals surface area contributed by atoms with Crippen LogP contribution < -0.4 is 4.74 Å². The van der Waals surface area contributed by atoms with Crippen molar-refractivity contribution in [3.63, 3.8) is 0 Å². The van der Waals surface area contributed by atoms with Gasteiger partial charge in [-0.15, -0.1) is 0 Å². The zero-order valence-corrected chi connectivity index (χ0v) is 15.3. The lowest BCUT2D eigenvalue weighted by Crippen LogP contribution is -2.36. The highest BCUT2D eigenvalue weighted by atomic mass is 35.5. The van der Waals surface area contributed by atoms with E-state index in [9.17, 15) is 4.79 Å². The van der Waals surface area contributed by atoms with Gasteiger partial charge in [0.25, 0.3) is 0 Å². The Balaban J connectivity index is 1.53. The van der Waals surface area contributed by atoms with E-state index in [1.54, 1.807) is 12.1 Å². The number of aromatic nitrogens is 2. The average molecular weight is 363 g/mol. The van der Waals surface area contributed by atoms with E-state index in [0.29, 0.717) is 18.2 Å². The van der Waals surface area contributed by atoms with Gasteiger partial charge in [-0.2, -0.15) is 5.10 Å². The Bertz CT molecular complexity index is 714. The predicted octanol–water partition coefficient (Wildman–Crippen LogP) is 2.52. The Morgan fingerprint density at radius 3 is 2.88 bits per heavy atom. The Morgan fingerprint density at radius 1 is 1.40 bits per heavy atom. The fourth-order valence-electron chi connectivity index (χ4n) is 2.95. The van der Waals surface area contributed by atoms with Crippen LogP contribution in [0.15, 0.2) is 30.3 Å². The van der Waals surface area contributed by atoms with Gasteiger partial charge in [-0.3, -0.25) is 9.89 Å². The van der Waals surface area contributed by atoms with Gasteiger partial charge in [0.15, 0.2) is 0 Å². The topological polar surface area (TPSA) is 61.5 Å². The molecule has 1 unspecified atom stereocenters. The molecule has 1 amide bonds. The number of halogens is 1. The van der Waals surface area contributed by atoms with Crippen molar-refractivity contribution in [3.8, 4) is 5.75 Å². The molecule has 0 bridgehead atoms. The lowest BCUT2D eigenvalue weighted by Gasteiger charge is -2.18. The second-order valence-corrected chi connectivity index (χ2v) is 7.06. The normalized spacial score (nSPS) is 17.3. The Kier molecular flexibility index (Phi) is 5.60. The lowest BCUT2D eigenvalue weighted by molar-refractivity contribution is -0.130. The summed E-state index contributed by atoms with van der Waals surface area (Å²) in [4.78, 5) is 16.0. The summed E-state index contributed by atoms with van der Waals surface area (Å²) in [5.74, 6) is 1.22. The van der Waals surface area contributed by atoms with E-state index >= 15 is 0 Å². The second-order valence-electron chi connectivity index (χ2n) is 6.62. The van der Waals surface area contributed by atoms with Crippen molar-refractivity contribution in [3.05, 3.63) is 46.7 Å². The quantitative estimate of drug-likeness (QED) is 0.857. The van der Waals surface area contributed by atoms with Gasteiger partial charge in [0.1, 0.15) is 12.4 Å². The minimum atomic E-state index is 0.175. The van der Waals surface area contributed by atoms with Gasteiger partial charge in [0.05, 0.1) is 17.9 Å². The fraction of sp³-hybridized carbons (Fsp3) is 0.444. The third-order valence-corrected chi connectivity index (χ3v) is 4.52. The van der Waals surface area contributed by atoms with Crippen LogP contribution in [0.5, 0.6) is 5.75 Å². The molecule has 1 aliphatic rings. The van der Waals surface area contributed by atoms with Crippen LogP contribution in [0.1, 0.15) is 23.7 Å². The van der Waals surface area contributed by atoms with Gasteiger partial charge >= 0.3 is 0 Å². The number of nitrogens with zero attached hydrogens (tertiary/aromatic N) is 3. The van der Waals surface area contributed by atoms with Crippen molar-refractivity contribution in [2.24, 2.45) is 0 Å². The molecule has 0 saturated carbocycles. The minimum absolute atomic E-state index is 0.175. The van der Waals surface area contributed by atoms with Crippen LogP contribution in [0.4, 0.5) is 0 Å². The van der Waals surface area contributed by atoms with Crippen LogP contribution in [0.3, 0.4) is 0 Å². The SMILES string of the molecule is CN(C)CC(=O)N1CCC(c2cc(COc3ccc(Cl)cc3)[nH]n2)C1. The summed E-state index contributed by atoms with van der Waals surface area (Å²) in [5, 5.41) is 8.12. The molecule has 1 aromatic heterocycles. The number of carbonyl (C=O) groups is 1. The summed E-state index contributed by atoms with van der Waals surface area (Å²) in [5.41, 5.74) is 1.91. The van der Waals surface area contributed by atoms with Crippen molar-refractivity contribution in [1.29, 1.82) is 0 Å². The Labute approximate surface area is 152 Å². The highest BCUT2D eigenvalue weighted by molar-refractivity contribution is 6.30. The maximum absolute atomic E-state index is 12.1. The van der Waals surface area contributed by atoms with Gasteiger partial charge < -0.3 is 14.5 Å². The molecule has 2 aromatic rings. The molecule has 1 fully saturated rings. The maximum Gasteiger partial charge on any atom is 0.236 e. The molecule has 6 nitrogen and oxygen atoms in total. The third kappa shape index (κ3) is 4.74. The van der Waals surface area contributed by atoms with E-state index in [-0.39, 0.29) is 11.8 Å². The van der Waals surface area contributed by atoms with Gasteiger partial charge in [-0.05, 0) is 50.8 Å². The molecule has 0 spiro atoms. The number of amides is 1. The molecule has 7 heteroatoms. The van der Waals surface area contributed by atoms with Crippen LogP contribution in [0.2, 0.25) is 5.02 Å². The molecular formula is C18H23ClN4O2. The summed E-state index contributed by atoms with van der Waals surface area (Å²) < 4.78 is 5.73. The third-order valence-electron chi connectivity index (χ3n) is 4.27. The summed E-state index contributed by atoms with van der Waals surface area (Å²) in [6, 6.07) is 9.30. The van der Waals surface area contributed by atoms with Crippen LogP contribution in [0, 0.1) is 0 Å². The number of nitrogens with one attached hydrogen (secondary N) is 1. The molecule has 25 heavy (non-hydrogen) atoms. The number of aromatic amines is 1. The average Bonchev–Trinajstić information content (AvgIpc) is 3.23. The molecule has 1 atom stereocenters. The number of benzene rings is 1. The molecule has 2 heterocycles. The zero-order valence-electron chi connectivity index (χ0n) is 14.5. The highest BCUT2D eigenvalue weighted by Gasteiger charge is 2.28. The Hall–Kier alpha value is -2.05. The molecule has 3 rings (SSSR count). The van der Waals surface area contributed by atoms with E-state index in [1.807, 2.05) is 42.1 Å². The second kappa shape index (κ2) is 7.89. The van der Waals surface area contributed by atoms with Crippen LogP contribution in [-0.2, 0) is 11.4 Å². The molecule has 0 aliphatic carbocycles. The van der Waals surface area contributed by atoms with E-state index < -0.39 is 0 Å². The van der Waals surface area contributed by atoms with E-state index in [1.165, 1.54) is 0 Å². The molecule has 1 aliphatic heterocycles. The minimum Gasteiger partial charge on any atom is -0.487 e. The molecule has 0 radical (unpaired) electrons. The zero-order chi connectivity index (χ0) is 17.8. The first kappa shape index (κ1) is 17.8. The van der Waals surface area contributed by atoms with Crippen molar-refractivity contribution in [2.75, 3.05) is 33.7 Å². The van der Waals surface area contributed by atoms with Crippen molar-refractivity contribution >= 4 is 17.5 Å². The summed E-state index contributed by atoms with van der Waals surface area (Å²) in [6.45, 7) is 2.40. The number of carbonyl (C=O) groups excluding carboxylic acids is 1. The molecule has 134 valence electrons. The van der Waals surface area contributed by atoms with Gasteiger partial charge in [-0.1, -0.05) is 11.6 Å². The highest BCUT2D eigenvalue weighted by Crippen LogP contribution is 2.26. The lowest BCUT2D eigenvalue weighted by atomic mass is 10.1. The first-order valence-corrected chi connectivity index (χ1v) is 8.74. The number of likely N-dealkylation sites (N-methyl/N-ethyl adjacent to an activating group) is 1. The van der Waals surface area contributed by atoms with Crippen LogP contribution >= 0.6 is 11.6 Å². The maximum atomic E-state index is 12.1. The van der Waals surface area contributed by atoms with Crippen LogP contribution in [0.25, 0.3) is 0 Å². The fourth-order valence-corrected chi connectivity index (χ4v) is 3.08. The van der Waals surface area contributed by atoms with E-state index in [0.717, 1.165) is 36.6 Å². The van der Waals surface area contributed by atoms with Crippen molar-refractivity contribution in [2.45, 2.75) is 18.9 Å². The summed E-state index contributed by atoms with van der Waals surface area (Å²) in [7, 11) is 3.82. The number of rotatable bonds is 6. The predicted molar refractivity (Wildman–Crippen MR) is 96.9 cm³/mol. The summed E-state index contributed by atoms with van der Waals surface area (Å²) in [6.07, 6.45) is 0.946. The van der Waals surface area contributed by atoms with Crippen molar-refractivity contribution in [1.82, 2.24) is 20.0 Å². The largest absolute Gasteiger partial charge is 0.487 e. The molecule has 1 N–H and O–H groups in total. The van der Waals surface area contributed by atoms with Crippen LogP contribution in [-0.4, -0.2) is 59.6 Å².